The van der Waals surface area contributed by atoms with Crippen LogP contribution in [-0.2, 0) is 0 Å². The summed E-state index contributed by atoms with van der Waals surface area (Å²) in [5.41, 5.74) is 10.3. The lowest BCUT2D eigenvalue weighted by Crippen LogP contribution is -2.33. The molecule has 0 unspecified atom stereocenters. The molecule has 3 N–H and O–H groups in total. The fourth-order valence-corrected chi connectivity index (χ4v) is 4.21. The molecule has 1 aliphatic rings. The van der Waals surface area contributed by atoms with Crippen molar-refractivity contribution in [3.8, 4) is 17.0 Å². The number of nitrogens with zero attached hydrogens (tertiary/aromatic N) is 3. The fourth-order valence-electron chi connectivity index (χ4n) is 4.08. The standard InChI is InChI=1S/C25H27ClN4O2/c1-16(27)24(18-5-9-19(26)10-6-18)25-28-22(17-7-11-21(32-2)12-8-17)14-23(29-25)30-13-3-4-20(30)15-31/h5-12,14,20,31H,3-4,13,15,27H2,1-2H3/t20-/m0/s1. The molecule has 0 radical (unpaired) electrons. The van der Waals surface area contributed by atoms with Gasteiger partial charge in [0, 0.05) is 34.5 Å². The summed E-state index contributed by atoms with van der Waals surface area (Å²) in [6.07, 6.45) is 1.95. The number of halogens is 1. The molecule has 1 aliphatic heterocycles. The number of hydrogen-bond acceptors (Lipinski definition) is 6. The monoisotopic (exact) mass is 450 g/mol. The van der Waals surface area contributed by atoms with E-state index in [1.165, 1.54) is 0 Å². The maximum absolute atomic E-state index is 9.87. The third-order valence-corrected chi connectivity index (χ3v) is 5.98. The number of aliphatic hydroxyl groups is 1. The third kappa shape index (κ3) is 4.56. The minimum Gasteiger partial charge on any atom is -0.497 e. The van der Waals surface area contributed by atoms with Crippen LogP contribution in [0.2, 0.25) is 5.02 Å². The number of rotatable bonds is 6. The summed E-state index contributed by atoms with van der Waals surface area (Å²) < 4.78 is 5.30. The highest BCUT2D eigenvalue weighted by Gasteiger charge is 2.26. The number of aliphatic hydroxyl groups excluding tert-OH is 1. The number of ether oxygens (including phenoxy) is 1. The molecule has 0 amide bonds. The summed E-state index contributed by atoms with van der Waals surface area (Å²) >= 11 is 6.10. The van der Waals surface area contributed by atoms with Crippen molar-refractivity contribution in [1.82, 2.24) is 9.97 Å². The SMILES string of the molecule is COc1ccc(-c2cc(N3CCC[C@H]3CO)nc(C(=C(C)N)c3ccc(Cl)cc3)n2)cc1. The van der Waals surface area contributed by atoms with Gasteiger partial charge in [0.15, 0.2) is 5.82 Å². The summed E-state index contributed by atoms with van der Waals surface area (Å²) in [5, 5.41) is 10.5. The lowest BCUT2D eigenvalue weighted by atomic mass is 10.0. The third-order valence-electron chi connectivity index (χ3n) is 5.73. The van der Waals surface area contributed by atoms with E-state index in [9.17, 15) is 5.11 Å². The Labute approximate surface area is 193 Å². The van der Waals surface area contributed by atoms with Crippen LogP contribution in [0.1, 0.15) is 31.2 Å². The molecular formula is C25H27ClN4O2. The van der Waals surface area contributed by atoms with E-state index in [1.807, 2.05) is 61.5 Å². The summed E-state index contributed by atoms with van der Waals surface area (Å²) in [5.74, 6) is 2.10. The lowest BCUT2D eigenvalue weighted by Gasteiger charge is -2.25. The number of anilines is 1. The molecule has 2 heterocycles. The van der Waals surface area contributed by atoms with Gasteiger partial charge < -0.3 is 20.5 Å². The van der Waals surface area contributed by atoms with E-state index in [0.717, 1.165) is 53.3 Å². The molecule has 7 heteroatoms. The first-order chi connectivity index (χ1) is 15.5. The van der Waals surface area contributed by atoms with Crippen molar-refractivity contribution in [3.63, 3.8) is 0 Å². The average molecular weight is 451 g/mol. The van der Waals surface area contributed by atoms with Crippen LogP contribution in [0.3, 0.4) is 0 Å². The van der Waals surface area contributed by atoms with Crippen LogP contribution in [0.15, 0.2) is 60.3 Å². The summed E-state index contributed by atoms with van der Waals surface area (Å²) in [6, 6.07) is 17.3. The first kappa shape index (κ1) is 22.1. The van der Waals surface area contributed by atoms with Crippen LogP contribution >= 0.6 is 11.6 Å². The molecule has 4 rings (SSSR count). The lowest BCUT2D eigenvalue weighted by molar-refractivity contribution is 0.266. The topological polar surface area (TPSA) is 84.5 Å². The normalized spacial score (nSPS) is 16.8. The molecule has 6 nitrogen and oxygen atoms in total. The zero-order chi connectivity index (χ0) is 22.7. The Kier molecular flexibility index (Phi) is 6.63. The quantitative estimate of drug-likeness (QED) is 0.575. The van der Waals surface area contributed by atoms with Crippen LogP contribution in [0.25, 0.3) is 16.8 Å². The molecular weight excluding hydrogens is 424 g/mol. The van der Waals surface area contributed by atoms with Crippen LogP contribution in [0.4, 0.5) is 5.82 Å². The largest absolute Gasteiger partial charge is 0.497 e. The Hall–Kier alpha value is -3.09. The highest BCUT2D eigenvalue weighted by atomic mass is 35.5. The van der Waals surface area contributed by atoms with E-state index >= 15 is 0 Å². The molecule has 1 saturated heterocycles. The second-order valence-corrected chi connectivity index (χ2v) is 8.34. The van der Waals surface area contributed by atoms with Crippen LogP contribution in [0.5, 0.6) is 5.75 Å². The zero-order valence-electron chi connectivity index (χ0n) is 18.3. The summed E-state index contributed by atoms with van der Waals surface area (Å²) in [7, 11) is 1.64. The van der Waals surface area contributed by atoms with Crippen molar-refractivity contribution < 1.29 is 9.84 Å². The highest BCUT2D eigenvalue weighted by molar-refractivity contribution is 6.30. The number of hydrogen-bond donors (Lipinski definition) is 2. The van der Waals surface area contributed by atoms with E-state index in [-0.39, 0.29) is 12.6 Å². The number of methoxy groups -OCH3 is 1. The second-order valence-electron chi connectivity index (χ2n) is 7.90. The molecule has 0 aliphatic carbocycles. The first-order valence-corrected chi connectivity index (χ1v) is 11.0. The van der Waals surface area contributed by atoms with Crippen molar-refractivity contribution in [2.45, 2.75) is 25.8 Å². The maximum atomic E-state index is 9.87. The van der Waals surface area contributed by atoms with E-state index in [4.69, 9.17) is 32.0 Å². The van der Waals surface area contributed by atoms with Gasteiger partial charge in [-0.1, -0.05) is 23.7 Å². The fraction of sp³-hybridized carbons (Fsp3) is 0.280. The van der Waals surface area contributed by atoms with Gasteiger partial charge in [0.05, 0.1) is 25.5 Å². The predicted molar refractivity (Wildman–Crippen MR) is 129 cm³/mol. The van der Waals surface area contributed by atoms with E-state index in [0.29, 0.717) is 16.5 Å². The van der Waals surface area contributed by atoms with E-state index in [1.54, 1.807) is 7.11 Å². The summed E-state index contributed by atoms with van der Waals surface area (Å²) in [4.78, 5) is 11.9. The number of aromatic nitrogens is 2. The molecule has 1 aromatic heterocycles. The van der Waals surface area contributed by atoms with Crippen molar-refractivity contribution in [1.29, 1.82) is 0 Å². The first-order valence-electron chi connectivity index (χ1n) is 10.6. The van der Waals surface area contributed by atoms with Gasteiger partial charge in [0.1, 0.15) is 11.6 Å². The second kappa shape index (κ2) is 9.59. The van der Waals surface area contributed by atoms with Gasteiger partial charge in [-0.25, -0.2) is 9.97 Å². The molecule has 0 spiro atoms. The van der Waals surface area contributed by atoms with Crippen molar-refractivity contribution >= 4 is 23.0 Å². The van der Waals surface area contributed by atoms with Gasteiger partial charge in [-0.15, -0.1) is 0 Å². The molecule has 2 aromatic carbocycles. The van der Waals surface area contributed by atoms with Crippen LogP contribution < -0.4 is 15.4 Å². The van der Waals surface area contributed by atoms with E-state index < -0.39 is 0 Å². The molecule has 3 aromatic rings. The molecule has 1 atom stereocenters. The number of benzene rings is 2. The Morgan fingerprint density at radius 2 is 1.88 bits per heavy atom. The molecule has 32 heavy (non-hydrogen) atoms. The Morgan fingerprint density at radius 3 is 2.50 bits per heavy atom. The predicted octanol–water partition coefficient (Wildman–Crippen LogP) is 4.50. The van der Waals surface area contributed by atoms with Gasteiger partial charge in [-0.3, -0.25) is 0 Å². The zero-order valence-corrected chi connectivity index (χ0v) is 19.0. The minimum atomic E-state index is 0.0448. The number of nitrogens with two attached hydrogens (primary N) is 1. The van der Waals surface area contributed by atoms with Gasteiger partial charge >= 0.3 is 0 Å². The van der Waals surface area contributed by atoms with Gasteiger partial charge in [-0.05, 0) is 61.7 Å². The van der Waals surface area contributed by atoms with Gasteiger partial charge in [0.2, 0.25) is 0 Å². The Balaban J connectivity index is 1.87. The van der Waals surface area contributed by atoms with Crippen molar-refractivity contribution in [3.05, 3.63) is 76.7 Å². The Morgan fingerprint density at radius 1 is 1.16 bits per heavy atom. The van der Waals surface area contributed by atoms with Gasteiger partial charge in [-0.2, -0.15) is 0 Å². The Bertz CT molecular complexity index is 1110. The highest BCUT2D eigenvalue weighted by Crippen LogP contribution is 2.32. The maximum Gasteiger partial charge on any atom is 0.164 e. The smallest absolute Gasteiger partial charge is 0.164 e. The molecule has 0 bridgehead atoms. The van der Waals surface area contributed by atoms with Gasteiger partial charge in [0.25, 0.3) is 0 Å². The van der Waals surface area contributed by atoms with Crippen molar-refractivity contribution in [2.75, 3.05) is 25.2 Å². The van der Waals surface area contributed by atoms with Crippen LogP contribution in [0, 0.1) is 0 Å². The van der Waals surface area contributed by atoms with Crippen molar-refractivity contribution in [2.24, 2.45) is 5.73 Å². The minimum absolute atomic E-state index is 0.0448. The average Bonchev–Trinajstić information content (AvgIpc) is 3.29. The molecule has 166 valence electrons. The molecule has 0 saturated carbocycles. The summed E-state index contributed by atoms with van der Waals surface area (Å²) in [6.45, 7) is 2.78. The number of allylic oxidation sites excluding steroid dienone is 1. The van der Waals surface area contributed by atoms with Crippen LogP contribution in [-0.4, -0.2) is 41.4 Å². The van der Waals surface area contributed by atoms with E-state index in [2.05, 4.69) is 4.90 Å². The molecule has 1 fully saturated rings.